The van der Waals surface area contributed by atoms with Gasteiger partial charge < -0.3 is 20.1 Å². The van der Waals surface area contributed by atoms with E-state index in [-0.39, 0.29) is 18.0 Å². The average Bonchev–Trinajstić information content (AvgIpc) is 2.61. The molecule has 0 spiro atoms. The van der Waals surface area contributed by atoms with Crippen LogP contribution in [0.4, 0.5) is 22.7 Å². The largest absolute Gasteiger partial charge is 0.494 e. The molecule has 0 aliphatic heterocycles. The van der Waals surface area contributed by atoms with Crippen LogP contribution >= 0.6 is 0 Å². The molecule has 0 atom stereocenters. The standard InChI is InChI=1S/C15H16N4O6/c1-24-14-7-10(18(20)21)3-5-12(14)16-9-17-13-6-4-11(19(22)23)8-15(13)25-2/h3-8,16-17H,9H2,1-2H3. The number of nitrogens with one attached hydrogen (secondary N) is 2. The normalized spacial score (nSPS) is 10.0. The Morgan fingerprint density at radius 1 is 0.840 bits per heavy atom. The summed E-state index contributed by atoms with van der Waals surface area (Å²) in [6.07, 6.45) is 0. The van der Waals surface area contributed by atoms with Gasteiger partial charge in [-0.1, -0.05) is 0 Å². The molecule has 10 nitrogen and oxygen atoms in total. The molecule has 10 heteroatoms. The number of nitrogens with zero attached hydrogens (tertiary/aromatic N) is 2. The Labute approximate surface area is 142 Å². The van der Waals surface area contributed by atoms with E-state index in [1.54, 1.807) is 0 Å². The molecular formula is C15H16N4O6. The number of benzene rings is 2. The summed E-state index contributed by atoms with van der Waals surface area (Å²) in [6.45, 7) is 0.238. The Balaban J connectivity index is 2.08. The second kappa shape index (κ2) is 7.81. The Morgan fingerprint density at radius 2 is 1.24 bits per heavy atom. The molecule has 132 valence electrons. The average molecular weight is 348 g/mol. The lowest BCUT2D eigenvalue weighted by Crippen LogP contribution is -2.13. The van der Waals surface area contributed by atoms with Crippen LogP contribution in [0.1, 0.15) is 0 Å². The third kappa shape index (κ3) is 4.25. The Kier molecular flexibility index (Phi) is 5.56. The van der Waals surface area contributed by atoms with Gasteiger partial charge in [-0.05, 0) is 12.1 Å². The molecule has 0 amide bonds. The summed E-state index contributed by atoms with van der Waals surface area (Å²) in [4.78, 5) is 20.5. The SMILES string of the molecule is COc1cc([N+](=O)[O-])ccc1NCNc1ccc([N+](=O)[O-])cc1OC. The van der Waals surface area contributed by atoms with Crippen LogP contribution in [0.25, 0.3) is 0 Å². The van der Waals surface area contributed by atoms with Gasteiger partial charge in [-0.2, -0.15) is 0 Å². The summed E-state index contributed by atoms with van der Waals surface area (Å²) < 4.78 is 10.3. The van der Waals surface area contributed by atoms with E-state index in [4.69, 9.17) is 9.47 Å². The first-order valence-corrected chi connectivity index (χ1v) is 7.09. The van der Waals surface area contributed by atoms with Crippen molar-refractivity contribution in [2.45, 2.75) is 0 Å². The van der Waals surface area contributed by atoms with Crippen LogP contribution in [-0.2, 0) is 0 Å². The number of hydrogen-bond acceptors (Lipinski definition) is 8. The quantitative estimate of drug-likeness (QED) is 0.423. The highest BCUT2D eigenvalue weighted by atomic mass is 16.6. The lowest BCUT2D eigenvalue weighted by Gasteiger charge is -2.14. The van der Waals surface area contributed by atoms with Crippen molar-refractivity contribution in [3.8, 4) is 11.5 Å². The Morgan fingerprint density at radius 3 is 1.56 bits per heavy atom. The minimum Gasteiger partial charge on any atom is -0.494 e. The first-order valence-electron chi connectivity index (χ1n) is 7.09. The number of ether oxygens (including phenoxy) is 2. The molecule has 2 aromatic rings. The van der Waals surface area contributed by atoms with Crippen molar-refractivity contribution < 1.29 is 19.3 Å². The molecule has 0 bridgehead atoms. The van der Waals surface area contributed by atoms with Gasteiger partial charge in [0.15, 0.2) is 0 Å². The zero-order valence-corrected chi connectivity index (χ0v) is 13.5. The zero-order valence-electron chi connectivity index (χ0n) is 13.5. The molecule has 0 unspecified atom stereocenters. The Bertz CT molecular complexity index is 730. The van der Waals surface area contributed by atoms with Gasteiger partial charge in [0.05, 0.1) is 54.2 Å². The van der Waals surface area contributed by atoms with E-state index in [9.17, 15) is 20.2 Å². The van der Waals surface area contributed by atoms with Gasteiger partial charge in [-0.25, -0.2) is 0 Å². The van der Waals surface area contributed by atoms with E-state index in [0.29, 0.717) is 22.9 Å². The van der Waals surface area contributed by atoms with E-state index >= 15 is 0 Å². The molecule has 0 radical (unpaired) electrons. The summed E-state index contributed by atoms with van der Waals surface area (Å²) in [6, 6.07) is 8.41. The molecule has 0 aliphatic carbocycles. The molecule has 0 saturated carbocycles. The third-order valence-electron chi connectivity index (χ3n) is 3.35. The van der Waals surface area contributed by atoms with E-state index in [1.807, 2.05) is 0 Å². The summed E-state index contributed by atoms with van der Waals surface area (Å²) in [5, 5.41) is 27.6. The number of nitro benzene ring substituents is 2. The fourth-order valence-corrected chi connectivity index (χ4v) is 2.11. The molecule has 2 rings (SSSR count). The molecule has 0 fully saturated rings. The number of rotatable bonds is 8. The van der Waals surface area contributed by atoms with Gasteiger partial charge in [0.1, 0.15) is 11.5 Å². The fourth-order valence-electron chi connectivity index (χ4n) is 2.11. The van der Waals surface area contributed by atoms with Crippen LogP contribution in [0.15, 0.2) is 36.4 Å². The van der Waals surface area contributed by atoms with E-state index in [2.05, 4.69) is 10.6 Å². The summed E-state index contributed by atoms with van der Waals surface area (Å²) in [5.41, 5.74) is 0.961. The van der Waals surface area contributed by atoms with Crippen LogP contribution < -0.4 is 20.1 Å². The zero-order chi connectivity index (χ0) is 18.4. The van der Waals surface area contributed by atoms with Crippen LogP contribution in [0.5, 0.6) is 11.5 Å². The lowest BCUT2D eigenvalue weighted by molar-refractivity contribution is -0.385. The summed E-state index contributed by atoms with van der Waals surface area (Å²) in [7, 11) is 2.83. The van der Waals surface area contributed by atoms with Gasteiger partial charge in [-0.3, -0.25) is 20.2 Å². The van der Waals surface area contributed by atoms with Crippen LogP contribution in [-0.4, -0.2) is 30.7 Å². The van der Waals surface area contributed by atoms with E-state index in [1.165, 1.54) is 50.6 Å². The number of nitro groups is 2. The van der Waals surface area contributed by atoms with E-state index in [0.717, 1.165) is 0 Å². The summed E-state index contributed by atoms with van der Waals surface area (Å²) in [5.74, 6) is 0.651. The fraction of sp³-hybridized carbons (Fsp3) is 0.200. The van der Waals surface area contributed by atoms with Crippen molar-refractivity contribution in [1.82, 2.24) is 0 Å². The molecular weight excluding hydrogens is 332 g/mol. The van der Waals surface area contributed by atoms with Gasteiger partial charge in [0.2, 0.25) is 0 Å². The van der Waals surface area contributed by atoms with Crippen LogP contribution in [0.3, 0.4) is 0 Å². The van der Waals surface area contributed by atoms with Gasteiger partial charge in [0.25, 0.3) is 11.4 Å². The minimum absolute atomic E-state index is 0.0765. The molecule has 0 heterocycles. The molecule has 0 aromatic heterocycles. The lowest BCUT2D eigenvalue weighted by atomic mass is 10.2. The van der Waals surface area contributed by atoms with Crippen molar-refractivity contribution in [2.24, 2.45) is 0 Å². The van der Waals surface area contributed by atoms with Gasteiger partial charge >= 0.3 is 0 Å². The highest BCUT2D eigenvalue weighted by molar-refractivity contribution is 5.63. The van der Waals surface area contributed by atoms with Gasteiger partial charge in [0, 0.05) is 12.1 Å². The van der Waals surface area contributed by atoms with Crippen molar-refractivity contribution in [1.29, 1.82) is 0 Å². The maximum Gasteiger partial charge on any atom is 0.273 e. The number of methoxy groups -OCH3 is 2. The predicted molar refractivity (Wildman–Crippen MR) is 91.4 cm³/mol. The molecule has 2 aromatic carbocycles. The van der Waals surface area contributed by atoms with Crippen LogP contribution in [0.2, 0.25) is 0 Å². The monoisotopic (exact) mass is 348 g/mol. The van der Waals surface area contributed by atoms with Crippen molar-refractivity contribution in [3.05, 3.63) is 56.6 Å². The number of hydrogen-bond donors (Lipinski definition) is 2. The van der Waals surface area contributed by atoms with Crippen molar-refractivity contribution >= 4 is 22.7 Å². The summed E-state index contributed by atoms with van der Waals surface area (Å²) >= 11 is 0. The molecule has 0 saturated heterocycles. The number of non-ortho nitro benzene ring substituents is 2. The predicted octanol–water partition coefficient (Wildman–Crippen LogP) is 3.00. The highest BCUT2D eigenvalue weighted by Gasteiger charge is 2.13. The smallest absolute Gasteiger partial charge is 0.273 e. The van der Waals surface area contributed by atoms with Crippen LogP contribution in [0, 0.1) is 20.2 Å². The third-order valence-corrected chi connectivity index (χ3v) is 3.35. The number of anilines is 2. The van der Waals surface area contributed by atoms with E-state index < -0.39 is 9.85 Å². The topological polar surface area (TPSA) is 129 Å². The molecule has 25 heavy (non-hydrogen) atoms. The molecule has 2 N–H and O–H groups in total. The molecule has 0 aliphatic rings. The van der Waals surface area contributed by atoms with Crippen molar-refractivity contribution in [2.75, 3.05) is 31.5 Å². The first kappa shape index (κ1) is 17.8. The first-order chi connectivity index (χ1) is 12.0. The maximum absolute atomic E-state index is 10.8. The highest BCUT2D eigenvalue weighted by Crippen LogP contribution is 2.30. The second-order valence-corrected chi connectivity index (χ2v) is 4.81. The van der Waals surface area contributed by atoms with Crippen molar-refractivity contribution in [3.63, 3.8) is 0 Å². The second-order valence-electron chi connectivity index (χ2n) is 4.81. The Hall–Kier alpha value is -3.56. The minimum atomic E-state index is -0.508. The maximum atomic E-state index is 10.8. The van der Waals surface area contributed by atoms with Gasteiger partial charge in [-0.15, -0.1) is 0 Å².